The van der Waals surface area contributed by atoms with Crippen LogP contribution in [0.4, 0.5) is 5.82 Å². The molecule has 26 heavy (non-hydrogen) atoms. The third-order valence-corrected chi connectivity index (χ3v) is 4.09. The van der Waals surface area contributed by atoms with Crippen LogP contribution in [0.2, 0.25) is 5.02 Å². The van der Waals surface area contributed by atoms with E-state index in [1.54, 1.807) is 31.4 Å². The molecule has 4 rings (SSSR count). The number of hydrogen-bond acceptors (Lipinski definition) is 7. The molecule has 8 nitrogen and oxygen atoms in total. The summed E-state index contributed by atoms with van der Waals surface area (Å²) in [5.74, 6) is 1.53. The molecule has 2 N–H and O–H groups in total. The van der Waals surface area contributed by atoms with Gasteiger partial charge in [-0.2, -0.15) is 9.67 Å². The second-order valence-corrected chi connectivity index (χ2v) is 5.74. The fourth-order valence-electron chi connectivity index (χ4n) is 2.43. The number of hydrogen-bond donors (Lipinski definition) is 1. The molecule has 0 unspecified atom stereocenters. The lowest BCUT2D eigenvalue weighted by Crippen LogP contribution is -2.02. The molecule has 0 aliphatic rings. The van der Waals surface area contributed by atoms with Crippen molar-refractivity contribution in [1.82, 2.24) is 25.1 Å². The first kappa shape index (κ1) is 16.1. The highest BCUT2D eigenvalue weighted by Crippen LogP contribution is 2.29. The summed E-state index contributed by atoms with van der Waals surface area (Å²) in [4.78, 5) is 4.33. The van der Waals surface area contributed by atoms with Gasteiger partial charge in [0.1, 0.15) is 5.75 Å². The molecule has 0 aliphatic carbocycles. The van der Waals surface area contributed by atoms with E-state index in [2.05, 4.69) is 20.5 Å². The minimum absolute atomic E-state index is 0.164. The van der Waals surface area contributed by atoms with Crippen LogP contribution in [0.15, 0.2) is 53.1 Å². The van der Waals surface area contributed by atoms with Gasteiger partial charge in [0.15, 0.2) is 11.5 Å². The Morgan fingerprint density at radius 2 is 1.88 bits per heavy atom. The molecule has 9 heteroatoms. The van der Waals surface area contributed by atoms with Crippen LogP contribution in [0.1, 0.15) is 0 Å². The first-order chi connectivity index (χ1) is 12.7. The molecule has 2 aromatic heterocycles. The lowest BCUT2D eigenvalue weighted by Gasteiger charge is -2.04. The Labute approximate surface area is 153 Å². The normalized spacial score (nSPS) is 10.8. The van der Waals surface area contributed by atoms with E-state index in [-0.39, 0.29) is 11.7 Å². The fourth-order valence-corrected chi connectivity index (χ4v) is 2.65. The third-order valence-electron chi connectivity index (χ3n) is 3.77. The van der Waals surface area contributed by atoms with Gasteiger partial charge in [-0.25, -0.2) is 0 Å². The lowest BCUT2D eigenvalue weighted by molar-refractivity contribution is 0.414. The molecule has 0 amide bonds. The average Bonchev–Trinajstić information content (AvgIpc) is 3.29. The van der Waals surface area contributed by atoms with Crippen molar-refractivity contribution < 1.29 is 9.26 Å². The van der Waals surface area contributed by atoms with Crippen molar-refractivity contribution in [3.8, 4) is 34.4 Å². The quantitative estimate of drug-likeness (QED) is 0.589. The van der Waals surface area contributed by atoms with Crippen LogP contribution in [-0.4, -0.2) is 32.2 Å². The highest BCUT2D eigenvalue weighted by atomic mass is 35.5. The summed E-state index contributed by atoms with van der Waals surface area (Å²) >= 11 is 6.17. The SMILES string of the molecule is COc1ccc(-n2nnc(-c3nc(-c4ccccc4Cl)no3)c2N)cc1. The van der Waals surface area contributed by atoms with Crippen LogP contribution in [-0.2, 0) is 0 Å². The highest BCUT2D eigenvalue weighted by molar-refractivity contribution is 6.33. The number of ether oxygens (including phenoxy) is 1. The largest absolute Gasteiger partial charge is 0.497 e. The summed E-state index contributed by atoms with van der Waals surface area (Å²) in [6, 6.07) is 14.5. The Kier molecular flexibility index (Phi) is 4.02. The number of nitrogen functional groups attached to an aromatic ring is 1. The van der Waals surface area contributed by atoms with Gasteiger partial charge in [-0.15, -0.1) is 5.10 Å². The number of nitrogens with zero attached hydrogens (tertiary/aromatic N) is 5. The van der Waals surface area contributed by atoms with Gasteiger partial charge >= 0.3 is 0 Å². The molecule has 2 aromatic carbocycles. The zero-order valence-corrected chi connectivity index (χ0v) is 14.4. The van der Waals surface area contributed by atoms with Gasteiger partial charge in [0.05, 0.1) is 17.8 Å². The van der Waals surface area contributed by atoms with E-state index < -0.39 is 0 Å². The summed E-state index contributed by atoms with van der Waals surface area (Å²) in [6.07, 6.45) is 0. The van der Waals surface area contributed by atoms with Crippen LogP contribution >= 0.6 is 11.6 Å². The Morgan fingerprint density at radius 3 is 2.62 bits per heavy atom. The van der Waals surface area contributed by atoms with Gasteiger partial charge < -0.3 is 15.0 Å². The number of halogens is 1. The first-order valence-electron chi connectivity index (χ1n) is 7.62. The third kappa shape index (κ3) is 2.76. The van der Waals surface area contributed by atoms with Gasteiger partial charge in [0, 0.05) is 5.56 Å². The Morgan fingerprint density at radius 1 is 1.12 bits per heavy atom. The molecule has 0 saturated heterocycles. The number of anilines is 1. The second-order valence-electron chi connectivity index (χ2n) is 5.34. The van der Waals surface area contributed by atoms with Gasteiger partial charge in [-0.05, 0) is 36.4 Å². The smallest absolute Gasteiger partial charge is 0.282 e. The van der Waals surface area contributed by atoms with Crippen molar-refractivity contribution in [1.29, 1.82) is 0 Å². The van der Waals surface area contributed by atoms with E-state index in [1.165, 1.54) is 4.68 Å². The molecule has 4 aromatic rings. The Balaban J connectivity index is 1.69. The van der Waals surface area contributed by atoms with Crippen molar-refractivity contribution in [3.05, 3.63) is 53.6 Å². The van der Waals surface area contributed by atoms with E-state index in [1.807, 2.05) is 24.3 Å². The van der Waals surface area contributed by atoms with Gasteiger partial charge in [-0.3, -0.25) is 0 Å². The lowest BCUT2D eigenvalue weighted by atomic mass is 10.2. The summed E-state index contributed by atoms with van der Waals surface area (Å²) in [5.41, 5.74) is 7.85. The van der Waals surface area contributed by atoms with E-state index in [0.29, 0.717) is 22.1 Å². The van der Waals surface area contributed by atoms with Crippen molar-refractivity contribution in [2.75, 3.05) is 12.8 Å². The van der Waals surface area contributed by atoms with Crippen LogP contribution in [0, 0.1) is 0 Å². The molecule has 0 atom stereocenters. The van der Waals surface area contributed by atoms with Crippen LogP contribution in [0.3, 0.4) is 0 Å². The van der Waals surface area contributed by atoms with E-state index in [4.69, 9.17) is 26.6 Å². The van der Waals surface area contributed by atoms with Crippen LogP contribution < -0.4 is 10.5 Å². The van der Waals surface area contributed by atoms with Crippen molar-refractivity contribution in [2.24, 2.45) is 0 Å². The average molecular weight is 369 g/mol. The number of nitrogens with two attached hydrogens (primary N) is 1. The molecule has 130 valence electrons. The highest BCUT2D eigenvalue weighted by Gasteiger charge is 2.20. The monoisotopic (exact) mass is 368 g/mol. The summed E-state index contributed by atoms with van der Waals surface area (Å²) in [7, 11) is 1.60. The van der Waals surface area contributed by atoms with E-state index in [0.717, 1.165) is 11.4 Å². The molecule has 0 radical (unpaired) electrons. The van der Waals surface area contributed by atoms with Gasteiger partial charge in [0.2, 0.25) is 5.82 Å². The van der Waals surface area contributed by atoms with Crippen LogP contribution in [0.5, 0.6) is 5.75 Å². The summed E-state index contributed by atoms with van der Waals surface area (Å²) in [5, 5.41) is 12.6. The zero-order chi connectivity index (χ0) is 18.1. The summed E-state index contributed by atoms with van der Waals surface area (Å²) < 4.78 is 11.9. The van der Waals surface area contributed by atoms with Crippen molar-refractivity contribution in [2.45, 2.75) is 0 Å². The fraction of sp³-hybridized carbons (Fsp3) is 0.0588. The van der Waals surface area contributed by atoms with Crippen LogP contribution in [0.25, 0.3) is 28.7 Å². The minimum Gasteiger partial charge on any atom is -0.497 e. The first-order valence-corrected chi connectivity index (χ1v) is 8.00. The topological polar surface area (TPSA) is 105 Å². The number of rotatable bonds is 4. The Bertz CT molecular complexity index is 1060. The summed E-state index contributed by atoms with van der Waals surface area (Å²) in [6.45, 7) is 0. The van der Waals surface area contributed by atoms with Crippen molar-refractivity contribution in [3.63, 3.8) is 0 Å². The minimum atomic E-state index is 0.164. The predicted molar refractivity (Wildman–Crippen MR) is 96.1 cm³/mol. The standard InChI is InChI=1S/C17H13ClN6O2/c1-25-11-8-6-10(7-9-11)24-15(19)14(21-23-24)17-20-16(22-26-17)12-4-2-3-5-13(12)18/h2-9H,19H2,1H3. The molecule has 0 bridgehead atoms. The number of aromatic nitrogens is 5. The van der Waals surface area contributed by atoms with E-state index >= 15 is 0 Å². The molecular formula is C17H13ClN6O2. The van der Waals surface area contributed by atoms with Crippen molar-refractivity contribution >= 4 is 17.4 Å². The number of benzene rings is 2. The molecule has 2 heterocycles. The van der Waals surface area contributed by atoms with Gasteiger partial charge in [-0.1, -0.05) is 34.1 Å². The van der Waals surface area contributed by atoms with E-state index in [9.17, 15) is 0 Å². The maximum absolute atomic E-state index is 6.17. The molecule has 0 saturated carbocycles. The zero-order valence-electron chi connectivity index (χ0n) is 13.6. The maximum atomic E-state index is 6.17. The number of methoxy groups -OCH3 is 1. The molecule has 0 aliphatic heterocycles. The second kappa shape index (κ2) is 6.49. The van der Waals surface area contributed by atoms with Gasteiger partial charge in [0.25, 0.3) is 5.89 Å². The molecule has 0 fully saturated rings. The maximum Gasteiger partial charge on any atom is 0.282 e. The molecule has 0 spiro atoms. The Hall–Kier alpha value is -3.39. The molecular weight excluding hydrogens is 356 g/mol. The predicted octanol–water partition coefficient (Wildman–Crippen LogP) is 3.23.